The summed E-state index contributed by atoms with van der Waals surface area (Å²) in [4.78, 5) is 27.5. The normalized spacial score (nSPS) is 23.7. The molecule has 1 amide bonds. The van der Waals surface area contributed by atoms with Gasteiger partial charge in [-0.1, -0.05) is 12.1 Å². The van der Waals surface area contributed by atoms with E-state index in [1.165, 1.54) is 24.8 Å². The van der Waals surface area contributed by atoms with Crippen molar-refractivity contribution in [1.82, 2.24) is 9.80 Å². The maximum atomic E-state index is 11.4. The minimum atomic E-state index is -0.370. The third-order valence-electron chi connectivity index (χ3n) is 5.54. The zero-order valence-electron chi connectivity index (χ0n) is 15.1. The van der Waals surface area contributed by atoms with Crippen molar-refractivity contribution in [3.63, 3.8) is 0 Å². The molecule has 2 heterocycles. The first-order chi connectivity index (χ1) is 12.0. The van der Waals surface area contributed by atoms with Gasteiger partial charge in [0.15, 0.2) is 0 Å². The Kier molecular flexibility index (Phi) is 5.86. The van der Waals surface area contributed by atoms with Gasteiger partial charge in [0, 0.05) is 30.7 Å². The van der Waals surface area contributed by atoms with Crippen LogP contribution in [-0.2, 0) is 11.2 Å². The number of ketones is 1. The molecule has 2 atom stereocenters. The number of unbranched alkanes of at least 4 members (excludes halogenated alkanes) is 1. The Balaban J connectivity index is 1.39. The quantitative estimate of drug-likeness (QED) is 0.732. The summed E-state index contributed by atoms with van der Waals surface area (Å²) < 4.78 is 0. The molecular formula is C20H29N3O2. The molecule has 2 N–H and O–H groups in total. The fraction of sp³-hybridized carbons (Fsp3) is 0.600. The number of hydrogen-bond acceptors (Lipinski definition) is 4. The summed E-state index contributed by atoms with van der Waals surface area (Å²) in [6.07, 6.45) is 5.85. The number of hydrogen-bond donors (Lipinski definition) is 1. The van der Waals surface area contributed by atoms with E-state index in [4.69, 9.17) is 5.73 Å². The van der Waals surface area contributed by atoms with Gasteiger partial charge in [0.2, 0.25) is 5.91 Å². The lowest BCUT2D eigenvalue weighted by Gasteiger charge is -2.40. The second-order valence-electron chi connectivity index (χ2n) is 7.54. The highest BCUT2D eigenvalue weighted by Crippen LogP contribution is 2.29. The van der Waals surface area contributed by atoms with E-state index in [0.29, 0.717) is 24.2 Å². The van der Waals surface area contributed by atoms with E-state index in [-0.39, 0.29) is 11.7 Å². The van der Waals surface area contributed by atoms with Crippen LogP contribution in [0.1, 0.15) is 48.5 Å². The first-order valence-corrected chi connectivity index (χ1v) is 9.39. The van der Waals surface area contributed by atoms with E-state index in [9.17, 15) is 9.59 Å². The molecule has 0 aliphatic carbocycles. The van der Waals surface area contributed by atoms with E-state index >= 15 is 0 Å². The Morgan fingerprint density at radius 2 is 1.72 bits per heavy atom. The number of carbonyl (C=O) groups excluding carboxylic acids is 2. The zero-order chi connectivity index (χ0) is 17.8. The van der Waals surface area contributed by atoms with Crippen molar-refractivity contribution >= 4 is 11.7 Å². The number of fused-ring (bicyclic) bond motifs is 2. The summed E-state index contributed by atoms with van der Waals surface area (Å²) in [5, 5.41) is 0. The van der Waals surface area contributed by atoms with Crippen LogP contribution in [0.2, 0.25) is 0 Å². The molecular weight excluding hydrogens is 314 g/mol. The van der Waals surface area contributed by atoms with Gasteiger partial charge in [0.05, 0.1) is 6.54 Å². The van der Waals surface area contributed by atoms with Crippen LogP contribution in [0.3, 0.4) is 0 Å². The minimum absolute atomic E-state index is 0.285. The monoisotopic (exact) mass is 343 g/mol. The smallest absolute Gasteiger partial charge is 0.248 e. The number of nitrogens with zero attached hydrogens (tertiary/aromatic N) is 2. The molecule has 3 rings (SSSR count). The van der Waals surface area contributed by atoms with Crippen molar-refractivity contribution in [3.8, 4) is 0 Å². The van der Waals surface area contributed by atoms with E-state index in [1.807, 2.05) is 24.3 Å². The molecule has 5 heteroatoms. The van der Waals surface area contributed by atoms with Crippen LogP contribution < -0.4 is 5.73 Å². The molecule has 2 saturated heterocycles. The van der Waals surface area contributed by atoms with E-state index in [1.54, 1.807) is 6.92 Å². The van der Waals surface area contributed by atoms with Gasteiger partial charge in [-0.15, -0.1) is 0 Å². The van der Waals surface area contributed by atoms with Crippen LogP contribution >= 0.6 is 0 Å². The van der Waals surface area contributed by atoms with E-state index < -0.39 is 0 Å². The van der Waals surface area contributed by atoms with Crippen molar-refractivity contribution in [2.45, 2.75) is 51.1 Å². The molecule has 2 aliphatic heterocycles. The number of amides is 1. The second kappa shape index (κ2) is 8.11. The Morgan fingerprint density at radius 1 is 1.08 bits per heavy atom. The maximum Gasteiger partial charge on any atom is 0.248 e. The molecule has 136 valence electrons. The van der Waals surface area contributed by atoms with Crippen LogP contribution in [0.4, 0.5) is 0 Å². The molecule has 0 aromatic heterocycles. The fourth-order valence-electron chi connectivity index (χ4n) is 4.28. The summed E-state index contributed by atoms with van der Waals surface area (Å²) in [5.74, 6) is -0.0854. The number of carbonyl (C=O) groups is 2. The molecule has 1 aromatic rings. The third-order valence-corrected chi connectivity index (χ3v) is 5.54. The van der Waals surface area contributed by atoms with Gasteiger partial charge in [0.1, 0.15) is 5.78 Å². The van der Waals surface area contributed by atoms with Gasteiger partial charge in [-0.2, -0.15) is 0 Å². The summed E-state index contributed by atoms with van der Waals surface area (Å²) in [6, 6.07) is 8.77. The number of primary amides is 1. The first kappa shape index (κ1) is 18.1. The van der Waals surface area contributed by atoms with Crippen molar-refractivity contribution in [1.29, 1.82) is 0 Å². The summed E-state index contributed by atoms with van der Waals surface area (Å²) >= 11 is 0. The zero-order valence-corrected chi connectivity index (χ0v) is 15.1. The van der Waals surface area contributed by atoms with E-state index in [2.05, 4.69) is 9.80 Å². The number of nitrogens with two attached hydrogens (primary N) is 1. The van der Waals surface area contributed by atoms with Crippen LogP contribution in [0.15, 0.2) is 24.3 Å². The molecule has 2 bridgehead atoms. The van der Waals surface area contributed by atoms with Gasteiger partial charge < -0.3 is 10.6 Å². The molecule has 2 fully saturated rings. The minimum Gasteiger partial charge on any atom is -0.366 e. The standard InChI is InChI=1S/C20H29N3O2/c1-15(24)12-23-18-9-10-19(23)14-22(13-18)11-3-2-4-16-5-7-17(8-6-16)20(21)25/h5-8,18-19H,2-4,9-14H2,1H3,(H2,21,25). The highest BCUT2D eigenvalue weighted by molar-refractivity contribution is 5.92. The summed E-state index contributed by atoms with van der Waals surface area (Å²) in [7, 11) is 0. The highest BCUT2D eigenvalue weighted by Gasteiger charge is 2.39. The Labute approximate surface area is 150 Å². The van der Waals surface area contributed by atoms with Gasteiger partial charge in [-0.05, 0) is 63.3 Å². The highest BCUT2D eigenvalue weighted by atomic mass is 16.1. The number of piperazine rings is 1. The van der Waals surface area contributed by atoms with Crippen molar-refractivity contribution in [3.05, 3.63) is 35.4 Å². The number of aryl methyl sites for hydroxylation is 1. The van der Waals surface area contributed by atoms with Gasteiger partial charge >= 0.3 is 0 Å². The predicted molar refractivity (Wildman–Crippen MR) is 98.5 cm³/mol. The molecule has 0 saturated carbocycles. The predicted octanol–water partition coefficient (Wildman–Crippen LogP) is 1.85. The Bertz CT molecular complexity index is 600. The summed E-state index contributed by atoms with van der Waals surface area (Å²) in [5.41, 5.74) is 7.10. The third kappa shape index (κ3) is 4.67. The largest absolute Gasteiger partial charge is 0.366 e. The van der Waals surface area contributed by atoms with Gasteiger partial charge in [-0.25, -0.2) is 0 Å². The Hall–Kier alpha value is -1.72. The number of Topliss-reactive ketones (excluding diaryl/α,β-unsaturated/α-hetero) is 1. The molecule has 0 radical (unpaired) electrons. The van der Waals surface area contributed by atoms with Crippen LogP contribution in [0.5, 0.6) is 0 Å². The van der Waals surface area contributed by atoms with Crippen LogP contribution in [-0.4, -0.2) is 59.8 Å². The van der Waals surface area contributed by atoms with Crippen LogP contribution in [0, 0.1) is 0 Å². The molecule has 2 unspecified atom stereocenters. The van der Waals surface area contributed by atoms with Gasteiger partial charge in [0.25, 0.3) is 0 Å². The lowest BCUT2D eigenvalue weighted by Crippen LogP contribution is -2.54. The van der Waals surface area contributed by atoms with Crippen LogP contribution in [0.25, 0.3) is 0 Å². The van der Waals surface area contributed by atoms with E-state index in [0.717, 1.165) is 32.5 Å². The lowest BCUT2D eigenvalue weighted by atomic mass is 10.1. The number of rotatable bonds is 8. The average molecular weight is 343 g/mol. The van der Waals surface area contributed by atoms with Gasteiger partial charge in [-0.3, -0.25) is 14.5 Å². The molecule has 0 spiro atoms. The summed E-state index contributed by atoms with van der Waals surface area (Å²) in [6.45, 7) is 5.68. The van der Waals surface area contributed by atoms with Crippen molar-refractivity contribution in [2.75, 3.05) is 26.2 Å². The molecule has 5 nitrogen and oxygen atoms in total. The fourth-order valence-corrected chi connectivity index (χ4v) is 4.28. The van der Waals surface area contributed by atoms with Crippen molar-refractivity contribution in [2.24, 2.45) is 5.73 Å². The first-order valence-electron chi connectivity index (χ1n) is 9.39. The number of benzene rings is 1. The topological polar surface area (TPSA) is 66.6 Å². The molecule has 25 heavy (non-hydrogen) atoms. The molecule has 2 aliphatic rings. The molecule has 1 aromatic carbocycles. The van der Waals surface area contributed by atoms with Crippen molar-refractivity contribution < 1.29 is 9.59 Å². The number of likely N-dealkylation sites (tertiary alicyclic amines) is 1. The second-order valence-corrected chi connectivity index (χ2v) is 7.54. The maximum absolute atomic E-state index is 11.4. The lowest BCUT2D eigenvalue weighted by molar-refractivity contribution is -0.119. The average Bonchev–Trinajstić information content (AvgIpc) is 2.81. The SMILES string of the molecule is CC(=O)CN1C2CCC1CN(CCCCc1ccc(C(N)=O)cc1)C2. The Morgan fingerprint density at radius 3 is 2.28 bits per heavy atom.